The zero-order valence-electron chi connectivity index (χ0n) is 10.5. The summed E-state index contributed by atoms with van der Waals surface area (Å²) in [7, 11) is 0. The molecule has 0 fully saturated rings. The van der Waals surface area contributed by atoms with Crippen LogP contribution in [0.3, 0.4) is 0 Å². The minimum atomic E-state index is -0.197. The van der Waals surface area contributed by atoms with Crippen LogP contribution in [0.2, 0.25) is 5.02 Å². The molecule has 2 aromatic rings. The molecule has 1 aromatic carbocycles. The van der Waals surface area contributed by atoms with Crippen LogP contribution >= 0.6 is 11.6 Å². The second-order valence-corrected chi connectivity index (χ2v) is 4.41. The summed E-state index contributed by atoms with van der Waals surface area (Å²) in [4.78, 5) is 18.0. The second-order valence-electron chi connectivity index (χ2n) is 3.97. The maximum absolute atomic E-state index is 12.4. The molecule has 0 atom stereocenters. The van der Waals surface area contributed by atoms with Crippen molar-refractivity contribution in [2.75, 3.05) is 17.2 Å². The summed E-state index contributed by atoms with van der Waals surface area (Å²) in [6.45, 7) is 2.40. The quantitative estimate of drug-likeness (QED) is 0.876. The Kier molecular flexibility index (Phi) is 4.02. The van der Waals surface area contributed by atoms with Crippen LogP contribution in [0.25, 0.3) is 0 Å². The fraction of sp³-hybridized carbons (Fsp3) is 0.143. The van der Waals surface area contributed by atoms with E-state index in [0.717, 1.165) is 0 Å². The second kappa shape index (κ2) is 5.71. The van der Waals surface area contributed by atoms with E-state index in [1.807, 2.05) is 25.1 Å². The summed E-state index contributed by atoms with van der Waals surface area (Å²) in [5, 5.41) is 0.499. The average Bonchev–Trinajstić information content (AvgIpc) is 2.42. The van der Waals surface area contributed by atoms with E-state index in [0.29, 0.717) is 28.6 Å². The Morgan fingerprint density at radius 1 is 1.32 bits per heavy atom. The fourth-order valence-electron chi connectivity index (χ4n) is 1.80. The van der Waals surface area contributed by atoms with Crippen molar-refractivity contribution >= 4 is 28.9 Å². The summed E-state index contributed by atoms with van der Waals surface area (Å²) in [5.41, 5.74) is 7.49. The molecular weight excluding hydrogens is 262 g/mol. The first kappa shape index (κ1) is 13.4. The van der Waals surface area contributed by atoms with Gasteiger partial charge in [0.2, 0.25) is 0 Å². The number of nitrogens with two attached hydrogens (primary N) is 1. The van der Waals surface area contributed by atoms with Gasteiger partial charge in [-0.2, -0.15) is 0 Å². The number of carbonyl (C=O) groups excluding carboxylic acids is 1. The number of benzene rings is 1. The topological polar surface area (TPSA) is 59.2 Å². The SMILES string of the molecule is CCN(C(=O)c1ccc(Cl)cn1)c1ccccc1N. The summed E-state index contributed by atoms with van der Waals surface area (Å²) in [6, 6.07) is 10.5. The zero-order valence-corrected chi connectivity index (χ0v) is 11.3. The first-order valence-corrected chi connectivity index (χ1v) is 6.29. The maximum Gasteiger partial charge on any atom is 0.276 e. The molecule has 0 radical (unpaired) electrons. The molecule has 5 heteroatoms. The highest BCUT2D eigenvalue weighted by Crippen LogP contribution is 2.23. The highest BCUT2D eigenvalue weighted by atomic mass is 35.5. The molecular formula is C14H14ClN3O. The number of nitrogens with zero attached hydrogens (tertiary/aromatic N) is 2. The highest BCUT2D eigenvalue weighted by molar-refractivity contribution is 6.30. The third-order valence-corrected chi connectivity index (χ3v) is 2.96. The van der Waals surface area contributed by atoms with Gasteiger partial charge in [-0.1, -0.05) is 23.7 Å². The van der Waals surface area contributed by atoms with E-state index in [2.05, 4.69) is 4.98 Å². The van der Waals surface area contributed by atoms with Crippen LogP contribution in [-0.2, 0) is 0 Å². The Morgan fingerprint density at radius 2 is 2.05 bits per heavy atom. The number of anilines is 2. The molecule has 0 aliphatic rings. The number of amides is 1. The van der Waals surface area contributed by atoms with E-state index in [9.17, 15) is 4.79 Å². The predicted octanol–water partition coefficient (Wildman–Crippen LogP) is 2.98. The number of halogens is 1. The highest BCUT2D eigenvalue weighted by Gasteiger charge is 2.18. The Morgan fingerprint density at radius 3 is 2.63 bits per heavy atom. The average molecular weight is 276 g/mol. The van der Waals surface area contributed by atoms with E-state index in [1.165, 1.54) is 6.20 Å². The number of pyridine rings is 1. The van der Waals surface area contributed by atoms with Crippen molar-refractivity contribution in [2.24, 2.45) is 0 Å². The molecule has 2 N–H and O–H groups in total. The van der Waals surface area contributed by atoms with Gasteiger partial charge < -0.3 is 10.6 Å². The van der Waals surface area contributed by atoms with Gasteiger partial charge in [0.25, 0.3) is 5.91 Å². The number of nitrogen functional groups attached to an aromatic ring is 1. The van der Waals surface area contributed by atoms with E-state index < -0.39 is 0 Å². The van der Waals surface area contributed by atoms with Crippen LogP contribution in [0.5, 0.6) is 0 Å². The van der Waals surface area contributed by atoms with Crippen LogP contribution in [0.1, 0.15) is 17.4 Å². The standard InChI is InChI=1S/C14H14ClN3O/c1-2-18(13-6-4-3-5-11(13)16)14(19)12-8-7-10(15)9-17-12/h3-9H,2,16H2,1H3. The Balaban J connectivity index is 2.35. The zero-order chi connectivity index (χ0) is 13.8. The molecule has 19 heavy (non-hydrogen) atoms. The normalized spacial score (nSPS) is 10.2. The van der Waals surface area contributed by atoms with Crippen LogP contribution in [0.15, 0.2) is 42.6 Å². The van der Waals surface area contributed by atoms with Gasteiger partial charge in [0.15, 0.2) is 0 Å². The lowest BCUT2D eigenvalue weighted by Crippen LogP contribution is -2.31. The predicted molar refractivity (Wildman–Crippen MR) is 77.5 cm³/mol. The third kappa shape index (κ3) is 2.85. The summed E-state index contributed by atoms with van der Waals surface area (Å²) in [5.74, 6) is -0.197. The van der Waals surface area contributed by atoms with Crippen LogP contribution in [-0.4, -0.2) is 17.4 Å². The lowest BCUT2D eigenvalue weighted by molar-refractivity contribution is 0.0983. The molecule has 0 spiro atoms. The number of rotatable bonds is 3. The van der Waals surface area contributed by atoms with E-state index in [-0.39, 0.29) is 5.91 Å². The van der Waals surface area contributed by atoms with Gasteiger partial charge >= 0.3 is 0 Å². The molecule has 98 valence electrons. The van der Waals surface area contributed by atoms with Crippen molar-refractivity contribution in [1.29, 1.82) is 0 Å². The number of hydrogen-bond acceptors (Lipinski definition) is 3. The van der Waals surface area contributed by atoms with Gasteiger partial charge in [-0.15, -0.1) is 0 Å². The molecule has 1 aromatic heterocycles. The van der Waals surface area contributed by atoms with Crippen molar-refractivity contribution in [3.8, 4) is 0 Å². The van der Waals surface area contributed by atoms with Crippen molar-refractivity contribution in [3.63, 3.8) is 0 Å². The van der Waals surface area contributed by atoms with Crippen molar-refractivity contribution in [3.05, 3.63) is 53.3 Å². The molecule has 0 saturated heterocycles. The largest absolute Gasteiger partial charge is 0.397 e. The van der Waals surface area contributed by atoms with E-state index in [4.69, 9.17) is 17.3 Å². The van der Waals surface area contributed by atoms with Crippen molar-refractivity contribution in [2.45, 2.75) is 6.92 Å². The number of hydrogen-bond donors (Lipinski definition) is 1. The summed E-state index contributed by atoms with van der Waals surface area (Å²) >= 11 is 5.76. The molecule has 0 saturated carbocycles. The van der Waals surface area contributed by atoms with Gasteiger partial charge in [-0.25, -0.2) is 4.98 Å². The first-order valence-electron chi connectivity index (χ1n) is 5.91. The molecule has 0 aliphatic heterocycles. The first-order chi connectivity index (χ1) is 9.13. The smallest absolute Gasteiger partial charge is 0.276 e. The van der Waals surface area contributed by atoms with E-state index >= 15 is 0 Å². The Bertz CT molecular complexity index is 583. The monoisotopic (exact) mass is 275 g/mol. The lowest BCUT2D eigenvalue weighted by atomic mass is 10.2. The van der Waals surface area contributed by atoms with Crippen LogP contribution in [0, 0.1) is 0 Å². The van der Waals surface area contributed by atoms with Crippen LogP contribution in [0.4, 0.5) is 11.4 Å². The summed E-state index contributed by atoms with van der Waals surface area (Å²) < 4.78 is 0. The summed E-state index contributed by atoms with van der Waals surface area (Å²) in [6.07, 6.45) is 1.46. The molecule has 2 rings (SSSR count). The molecule has 1 amide bonds. The van der Waals surface area contributed by atoms with Gasteiger partial charge in [0.1, 0.15) is 5.69 Å². The van der Waals surface area contributed by atoms with Gasteiger partial charge in [0.05, 0.1) is 16.4 Å². The molecule has 1 heterocycles. The Hall–Kier alpha value is -2.07. The van der Waals surface area contributed by atoms with Gasteiger partial charge in [-0.05, 0) is 31.2 Å². The minimum Gasteiger partial charge on any atom is -0.397 e. The fourth-order valence-corrected chi connectivity index (χ4v) is 1.91. The van der Waals surface area contributed by atoms with Gasteiger partial charge in [-0.3, -0.25) is 4.79 Å². The van der Waals surface area contributed by atoms with Crippen molar-refractivity contribution < 1.29 is 4.79 Å². The maximum atomic E-state index is 12.4. The number of carbonyl (C=O) groups is 1. The molecule has 4 nitrogen and oxygen atoms in total. The van der Waals surface area contributed by atoms with E-state index in [1.54, 1.807) is 23.1 Å². The minimum absolute atomic E-state index is 0.197. The molecule has 0 unspecified atom stereocenters. The lowest BCUT2D eigenvalue weighted by Gasteiger charge is -2.22. The number of para-hydroxylation sites is 2. The van der Waals surface area contributed by atoms with Gasteiger partial charge in [0, 0.05) is 12.7 Å². The molecule has 0 bridgehead atoms. The Labute approximate surface area is 116 Å². The molecule has 0 aliphatic carbocycles. The van der Waals surface area contributed by atoms with Crippen LogP contribution < -0.4 is 10.6 Å². The number of aromatic nitrogens is 1. The van der Waals surface area contributed by atoms with Crippen molar-refractivity contribution in [1.82, 2.24) is 4.98 Å². The third-order valence-electron chi connectivity index (χ3n) is 2.74.